The Hall–Kier alpha value is -3.35. The number of ether oxygens (including phenoxy) is 2. The van der Waals surface area contributed by atoms with Crippen molar-refractivity contribution >= 4 is 5.91 Å². The van der Waals surface area contributed by atoms with E-state index in [-0.39, 0.29) is 12.0 Å². The first-order valence-corrected chi connectivity index (χ1v) is 8.76. The summed E-state index contributed by atoms with van der Waals surface area (Å²) in [5.74, 6) is 1.40. The first kappa shape index (κ1) is 17.1. The van der Waals surface area contributed by atoms with Gasteiger partial charge < -0.3 is 14.8 Å². The minimum atomic E-state index is -0.181. The highest BCUT2D eigenvalue weighted by Crippen LogP contribution is 2.21. The molecular weight excluding hydrogens is 344 g/mol. The maximum absolute atomic E-state index is 12.4. The fraction of sp³-hybridized carbons (Fsp3) is 0.250. The summed E-state index contributed by atoms with van der Waals surface area (Å²) in [5.41, 5.74) is 2.44. The molecular formula is C20H20N4O3. The normalized spacial score (nSPS) is 15.2. The molecule has 1 N–H and O–H groups in total. The lowest BCUT2D eigenvalue weighted by molar-refractivity contribution is 0.0944. The zero-order valence-electron chi connectivity index (χ0n) is 15.0. The molecule has 138 valence electrons. The third-order valence-electron chi connectivity index (χ3n) is 4.47. The molecule has 1 aliphatic rings. The molecule has 0 radical (unpaired) electrons. The van der Waals surface area contributed by atoms with Crippen LogP contribution in [-0.4, -0.2) is 33.9 Å². The fourth-order valence-electron chi connectivity index (χ4n) is 3.08. The Balaban J connectivity index is 1.32. The van der Waals surface area contributed by atoms with Gasteiger partial charge >= 0.3 is 0 Å². The Morgan fingerprint density at radius 2 is 1.96 bits per heavy atom. The van der Waals surface area contributed by atoms with Crippen LogP contribution in [0.25, 0.3) is 0 Å². The number of benzene rings is 1. The summed E-state index contributed by atoms with van der Waals surface area (Å²) < 4.78 is 12.9. The van der Waals surface area contributed by atoms with E-state index in [0.29, 0.717) is 18.8 Å². The smallest absolute Gasteiger partial charge is 0.272 e. The van der Waals surface area contributed by atoms with E-state index < -0.39 is 0 Å². The van der Waals surface area contributed by atoms with Gasteiger partial charge in [-0.05, 0) is 35.9 Å². The second-order valence-corrected chi connectivity index (χ2v) is 6.36. The predicted octanol–water partition coefficient (Wildman–Crippen LogP) is 2.22. The molecule has 0 saturated heterocycles. The van der Waals surface area contributed by atoms with Crippen LogP contribution in [0, 0.1) is 0 Å². The van der Waals surface area contributed by atoms with Crippen LogP contribution in [0.2, 0.25) is 0 Å². The van der Waals surface area contributed by atoms with Gasteiger partial charge in [0.05, 0.1) is 13.7 Å². The molecule has 7 heteroatoms. The summed E-state index contributed by atoms with van der Waals surface area (Å²) in [7, 11) is 1.63. The molecule has 4 rings (SSSR count). The van der Waals surface area contributed by atoms with E-state index in [1.54, 1.807) is 19.5 Å². The van der Waals surface area contributed by atoms with Crippen LogP contribution in [0.4, 0.5) is 0 Å². The van der Waals surface area contributed by atoms with Crippen LogP contribution < -0.4 is 14.8 Å². The topological polar surface area (TPSA) is 78.3 Å². The van der Waals surface area contributed by atoms with Gasteiger partial charge in [-0.3, -0.25) is 14.5 Å². The molecule has 0 unspecified atom stereocenters. The molecule has 1 aliphatic heterocycles. The van der Waals surface area contributed by atoms with Crippen LogP contribution in [0.15, 0.2) is 54.9 Å². The summed E-state index contributed by atoms with van der Waals surface area (Å²) in [4.78, 5) is 16.3. The van der Waals surface area contributed by atoms with Crippen molar-refractivity contribution < 1.29 is 14.3 Å². The van der Waals surface area contributed by atoms with Crippen molar-refractivity contribution in [1.29, 1.82) is 0 Å². The van der Waals surface area contributed by atoms with Crippen LogP contribution in [0.5, 0.6) is 11.5 Å². The number of carbonyl (C=O) groups excluding carboxylic acids is 1. The van der Waals surface area contributed by atoms with E-state index in [0.717, 1.165) is 29.2 Å². The Morgan fingerprint density at radius 1 is 1.19 bits per heavy atom. The zero-order chi connectivity index (χ0) is 18.6. The van der Waals surface area contributed by atoms with Gasteiger partial charge in [-0.1, -0.05) is 12.1 Å². The lowest BCUT2D eigenvalue weighted by atomic mass is 10.2. The number of aromatic nitrogens is 3. The van der Waals surface area contributed by atoms with Gasteiger partial charge in [-0.25, -0.2) is 0 Å². The molecule has 1 atom stereocenters. The molecule has 3 aromatic rings. The van der Waals surface area contributed by atoms with Gasteiger partial charge in [-0.15, -0.1) is 0 Å². The summed E-state index contributed by atoms with van der Waals surface area (Å²) >= 11 is 0. The Labute approximate surface area is 156 Å². The number of fused-ring (bicyclic) bond motifs is 1. The molecule has 0 aliphatic carbocycles. The molecule has 3 heterocycles. The largest absolute Gasteiger partial charge is 0.497 e. The highest BCUT2D eigenvalue weighted by molar-refractivity contribution is 5.92. The maximum Gasteiger partial charge on any atom is 0.272 e. The Morgan fingerprint density at radius 3 is 2.67 bits per heavy atom. The summed E-state index contributed by atoms with van der Waals surface area (Å²) in [6.07, 6.45) is 4.15. The first-order chi connectivity index (χ1) is 13.2. The first-order valence-electron chi connectivity index (χ1n) is 8.76. The molecule has 0 bridgehead atoms. The summed E-state index contributed by atoms with van der Waals surface area (Å²) in [6, 6.07) is 13.1. The number of rotatable bonds is 6. The number of nitrogens with zero attached hydrogens (tertiary/aromatic N) is 3. The van der Waals surface area contributed by atoms with Gasteiger partial charge in [0.25, 0.3) is 5.91 Å². The Bertz CT molecular complexity index is 899. The number of methoxy groups -OCH3 is 1. The van der Waals surface area contributed by atoms with Gasteiger partial charge in [-0.2, -0.15) is 5.10 Å². The summed E-state index contributed by atoms with van der Waals surface area (Å²) in [6.45, 7) is 1.07. The predicted molar refractivity (Wildman–Crippen MR) is 98.7 cm³/mol. The van der Waals surface area contributed by atoms with Crippen molar-refractivity contribution in [2.45, 2.75) is 25.6 Å². The van der Waals surface area contributed by atoms with E-state index in [1.165, 1.54) is 0 Å². The molecule has 0 fully saturated rings. The van der Waals surface area contributed by atoms with E-state index in [9.17, 15) is 4.79 Å². The van der Waals surface area contributed by atoms with Crippen molar-refractivity contribution in [3.63, 3.8) is 0 Å². The van der Waals surface area contributed by atoms with Crippen molar-refractivity contribution in [1.82, 2.24) is 20.1 Å². The molecule has 27 heavy (non-hydrogen) atoms. The van der Waals surface area contributed by atoms with Crippen LogP contribution in [-0.2, 0) is 19.5 Å². The fourth-order valence-corrected chi connectivity index (χ4v) is 3.08. The van der Waals surface area contributed by atoms with Crippen molar-refractivity contribution in [3.8, 4) is 11.5 Å². The van der Waals surface area contributed by atoms with Crippen molar-refractivity contribution in [3.05, 3.63) is 71.8 Å². The lowest BCUT2D eigenvalue weighted by Crippen LogP contribution is -2.24. The van der Waals surface area contributed by atoms with E-state index in [4.69, 9.17) is 9.47 Å². The molecule has 7 nitrogen and oxygen atoms in total. The number of amides is 1. The number of hydrogen-bond acceptors (Lipinski definition) is 5. The molecule has 1 amide bonds. The summed E-state index contributed by atoms with van der Waals surface area (Å²) in [5, 5.41) is 7.31. The number of nitrogens with one attached hydrogen (secondary N) is 1. The third-order valence-corrected chi connectivity index (χ3v) is 4.47. The minimum Gasteiger partial charge on any atom is -0.497 e. The van der Waals surface area contributed by atoms with E-state index in [2.05, 4.69) is 15.4 Å². The monoisotopic (exact) mass is 364 g/mol. The molecule has 0 spiro atoms. The number of hydrogen-bond donors (Lipinski definition) is 1. The quantitative estimate of drug-likeness (QED) is 0.726. The Kier molecular flexibility index (Phi) is 4.74. The number of carbonyl (C=O) groups is 1. The van der Waals surface area contributed by atoms with Crippen molar-refractivity contribution in [2.75, 3.05) is 7.11 Å². The van der Waals surface area contributed by atoms with E-state index >= 15 is 0 Å². The maximum atomic E-state index is 12.4. The molecule has 2 aromatic heterocycles. The SMILES string of the molecule is COc1ccc(CNC(=O)c2cc3n(n2)C[C@@H](Oc2ccncc2)C3)cc1. The molecule has 0 saturated carbocycles. The van der Waals surface area contributed by atoms with Gasteiger partial charge in [0.2, 0.25) is 0 Å². The van der Waals surface area contributed by atoms with Crippen LogP contribution in [0.3, 0.4) is 0 Å². The highest BCUT2D eigenvalue weighted by atomic mass is 16.5. The second-order valence-electron chi connectivity index (χ2n) is 6.36. The average Bonchev–Trinajstić information content (AvgIpc) is 3.26. The van der Waals surface area contributed by atoms with Crippen LogP contribution >= 0.6 is 0 Å². The minimum absolute atomic E-state index is 0.0197. The van der Waals surface area contributed by atoms with Gasteiger partial charge in [0, 0.05) is 31.1 Å². The second kappa shape index (κ2) is 7.49. The van der Waals surface area contributed by atoms with Crippen LogP contribution in [0.1, 0.15) is 21.7 Å². The lowest BCUT2D eigenvalue weighted by Gasteiger charge is -2.12. The average molecular weight is 364 g/mol. The molecule has 1 aromatic carbocycles. The third kappa shape index (κ3) is 3.92. The standard InChI is InChI=1S/C20H20N4O3/c1-26-16-4-2-14(3-5-16)12-22-20(25)19-11-15-10-18(13-24(15)23-19)27-17-6-8-21-9-7-17/h2-9,11,18H,10,12-13H2,1H3,(H,22,25)/t18-/m0/s1. The van der Waals surface area contributed by atoms with Crippen molar-refractivity contribution in [2.24, 2.45) is 0 Å². The number of pyridine rings is 1. The highest BCUT2D eigenvalue weighted by Gasteiger charge is 2.26. The van der Waals surface area contributed by atoms with Gasteiger partial charge in [0.1, 0.15) is 23.3 Å². The zero-order valence-corrected chi connectivity index (χ0v) is 15.0. The van der Waals surface area contributed by atoms with Gasteiger partial charge in [0.15, 0.2) is 0 Å². The van der Waals surface area contributed by atoms with E-state index in [1.807, 2.05) is 47.1 Å².